The lowest BCUT2D eigenvalue weighted by Gasteiger charge is -2.10. The molecule has 166 valence electrons. The molecule has 32 heavy (non-hydrogen) atoms. The summed E-state index contributed by atoms with van der Waals surface area (Å²) < 4.78 is 21.0. The molecule has 0 aliphatic rings. The molecule has 6 nitrogen and oxygen atoms in total. The summed E-state index contributed by atoms with van der Waals surface area (Å²) in [7, 11) is 6.19. The van der Waals surface area contributed by atoms with Crippen LogP contribution in [0, 0.1) is 0 Å². The van der Waals surface area contributed by atoms with Gasteiger partial charge < -0.3 is 18.9 Å². The smallest absolute Gasteiger partial charge is 0.233 e. The number of Topliss-reactive ketones (excluding diaryl/α,β-unsaturated/α-hetero) is 2. The number of rotatable bonds is 10. The van der Waals surface area contributed by atoms with Crippen molar-refractivity contribution in [2.45, 2.75) is 12.8 Å². The summed E-state index contributed by atoms with van der Waals surface area (Å²) in [5.41, 5.74) is 2.61. The van der Waals surface area contributed by atoms with Crippen molar-refractivity contribution in [1.29, 1.82) is 0 Å². The third-order valence-electron chi connectivity index (χ3n) is 5.16. The van der Waals surface area contributed by atoms with E-state index in [2.05, 4.69) is 0 Å². The number of ether oxygens (including phenoxy) is 4. The Morgan fingerprint density at radius 3 is 1.78 bits per heavy atom. The van der Waals surface area contributed by atoms with Gasteiger partial charge in [0.1, 0.15) is 11.5 Å². The van der Waals surface area contributed by atoms with Gasteiger partial charge in [-0.2, -0.15) is 0 Å². The molecule has 3 aromatic rings. The summed E-state index contributed by atoms with van der Waals surface area (Å²) in [5, 5.41) is 0. The van der Waals surface area contributed by atoms with Gasteiger partial charge in [0, 0.05) is 17.2 Å². The fourth-order valence-corrected chi connectivity index (χ4v) is 3.39. The number of hydrogen-bond acceptors (Lipinski definition) is 6. The van der Waals surface area contributed by atoms with Gasteiger partial charge in [0.05, 0.1) is 28.4 Å². The van der Waals surface area contributed by atoms with E-state index in [1.807, 2.05) is 24.3 Å². The lowest BCUT2D eigenvalue weighted by molar-refractivity contribution is 0.0816. The van der Waals surface area contributed by atoms with Crippen LogP contribution in [0.1, 0.15) is 31.8 Å². The maximum Gasteiger partial charge on any atom is 0.233 e. The Labute approximate surface area is 187 Å². The standard InChI is InChI=1S/C26H26O6/c1-29-21-14-20(15-22(16-21)30-2)26(28)25(27)19-7-5-6-17(12-19)8-9-18-10-11-23(31-3)24(13-18)32-4/h5-7,10-16H,8-9H2,1-4H3. The van der Waals surface area contributed by atoms with Gasteiger partial charge in [0.2, 0.25) is 11.6 Å². The number of carbonyl (C=O) groups excluding carboxylic acids is 2. The summed E-state index contributed by atoms with van der Waals surface area (Å²) in [4.78, 5) is 25.7. The van der Waals surface area contributed by atoms with E-state index in [-0.39, 0.29) is 5.56 Å². The van der Waals surface area contributed by atoms with Crippen LogP contribution in [-0.4, -0.2) is 40.0 Å². The Bertz CT molecular complexity index is 1100. The second-order valence-electron chi connectivity index (χ2n) is 7.15. The summed E-state index contributed by atoms with van der Waals surface area (Å²) in [5.74, 6) is 1.06. The molecule has 0 radical (unpaired) electrons. The maximum absolute atomic E-state index is 12.9. The van der Waals surface area contributed by atoms with E-state index in [0.717, 1.165) is 17.5 Å². The number of aryl methyl sites for hydroxylation is 2. The zero-order chi connectivity index (χ0) is 23.1. The lowest BCUT2D eigenvalue weighted by atomic mass is 9.97. The third kappa shape index (κ3) is 5.27. The molecule has 0 heterocycles. The molecule has 0 aromatic heterocycles. The minimum absolute atomic E-state index is 0.224. The second-order valence-corrected chi connectivity index (χ2v) is 7.15. The van der Waals surface area contributed by atoms with Crippen molar-refractivity contribution >= 4 is 11.6 Å². The van der Waals surface area contributed by atoms with Crippen LogP contribution in [-0.2, 0) is 12.8 Å². The first kappa shape index (κ1) is 22.9. The van der Waals surface area contributed by atoms with Crippen LogP contribution in [0.3, 0.4) is 0 Å². The van der Waals surface area contributed by atoms with Crippen molar-refractivity contribution in [3.8, 4) is 23.0 Å². The van der Waals surface area contributed by atoms with Crippen molar-refractivity contribution in [2.24, 2.45) is 0 Å². The van der Waals surface area contributed by atoms with E-state index < -0.39 is 11.6 Å². The van der Waals surface area contributed by atoms with E-state index in [0.29, 0.717) is 35.0 Å². The summed E-state index contributed by atoms with van der Waals surface area (Å²) in [6.45, 7) is 0. The number of carbonyl (C=O) groups is 2. The van der Waals surface area contributed by atoms with Crippen LogP contribution < -0.4 is 18.9 Å². The molecule has 0 amide bonds. The van der Waals surface area contributed by atoms with E-state index in [9.17, 15) is 9.59 Å². The molecule has 0 atom stereocenters. The normalized spacial score (nSPS) is 10.4. The average molecular weight is 434 g/mol. The fraction of sp³-hybridized carbons (Fsp3) is 0.231. The molecule has 0 N–H and O–H groups in total. The molecule has 0 saturated carbocycles. The van der Waals surface area contributed by atoms with Crippen LogP contribution in [0.15, 0.2) is 60.7 Å². The molecular formula is C26H26O6. The first-order valence-electron chi connectivity index (χ1n) is 10.1. The Hall–Kier alpha value is -3.80. The van der Waals surface area contributed by atoms with Crippen molar-refractivity contribution in [3.63, 3.8) is 0 Å². The Morgan fingerprint density at radius 2 is 1.19 bits per heavy atom. The van der Waals surface area contributed by atoms with Gasteiger partial charge in [-0.05, 0) is 54.3 Å². The molecule has 0 unspecified atom stereocenters. The largest absolute Gasteiger partial charge is 0.497 e. The Kier molecular flexibility index (Phi) is 7.49. The molecule has 0 spiro atoms. The number of methoxy groups -OCH3 is 4. The summed E-state index contributed by atoms with van der Waals surface area (Å²) in [6.07, 6.45) is 1.46. The minimum Gasteiger partial charge on any atom is -0.497 e. The quantitative estimate of drug-likeness (QED) is 0.344. The molecule has 0 saturated heterocycles. The van der Waals surface area contributed by atoms with Gasteiger partial charge in [0.25, 0.3) is 0 Å². The maximum atomic E-state index is 12.9. The van der Waals surface area contributed by atoms with Crippen LogP contribution in [0.2, 0.25) is 0 Å². The van der Waals surface area contributed by atoms with Gasteiger partial charge in [-0.15, -0.1) is 0 Å². The molecule has 3 aromatic carbocycles. The van der Waals surface area contributed by atoms with Crippen LogP contribution >= 0.6 is 0 Å². The minimum atomic E-state index is -0.612. The van der Waals surface area contributed by atoms with Gasteiger partial charge >= 0.3 is 0 Å². The zero-order valence-corrected chi connectivity index (χ0v) is 18.6. The van der Waals surface area contributed by atoms with E-state index in [1.54, 1.807) is 38.5 Å². The van der Waals surface area contributed by atoms with Gasteiger partial charge in [-0.1, -0.05) is 24.3 Å². The lowest BCUT2D eigenvalue weighted by Crippen LogP contribution is -2.15. The molecule has 0 fully saturated rings. The monoisotopic (exact) mass is 434 g/mol. The number of hydrogen-bond donors (Lipinski definition) is 0. The first-order chi connectivity index (χ1) is 15.5. The topological polar surface area (TPSA) is 71.1 Å². The Balaban J connectivity index is 1.76. The van der Waals surface area contributed by atoms with Crippen LogP contribution in [0.4, 0.5) is 0 Å². The molecule has 0 aliphatic carbocycles. The van der Waals surface area contributed by atoms with E-state index in [4.69, 9.17) is 18.9 Å². The van der Waals surface area contributed by atoms with Crippen molar-refractivity contribution < 1.29 is 28.5 Å². The highest BCUT2D eigenvalue weighted by Gasteiger charge is 2.20. The second kappa shape index (κ2) is 10.5. The molecule has 0 aliphatic heterocycles. The highest BCUT2D eigenvalue weighted by Crippen LogP contribution is 2.28. The van der Waals surface area contributed by atoms with Crippen LogP contribution in [0.25, 0.3) is 0 Å². The molecule has 6 heteroatoms. The third-order valence-corrected chi connectivity index (χ3v) is 5.16. The predicted molar refractivity (Wildman–Crippen MR) is 122 cm³/mol. The predicted octanol–water partition coefficient (Wildman–Crippen LogP) is 4.57. The zero-order valence-electron chi connectivity index (χ0n) is 18.6. The van der Waals surface area contributed by atoms with Gasteiger partial charge in [-0.25, -0.2) is 0 Å². The van der Waals surface area contributed by atoms with Crippen LogP contribution in [0.5, 0.6) is 23.0 Å². The van der Waals surface area contributed by atoms with E-state index in [1.165, 1.54) is 26.4 Å². The molecular weight excluding hydrogens is 408 g/mol. The fourth-order valence-electron chi connectivity index (χ4n) is 3.39. The van der Waals surface area contributed by atoms with E-state index >= 15 is 0 Å². The van der Waals surface area contributed by atoms with Crippen molar-refractivity contribution in [1.82, 2.24) is 0 Å². The highest BCUT2D eigenvalue weighted by molar-refractivity contribution is 6.49. The Morgan fingerprint density at radius 1 is 0.594 bits per heavy atom. The SMILES string of the molecule is COc1cc(OC)cc(C(=O)C(=O)c2cccc(CCc3ccc(OC)c(OC)c3)c2)c1. The molecule has 0 bridgehead atoms. The molecule has 3 rings (SSSR count). The van der Waals surface area contributed by atoms with Gasteiger partial charge in [-0.3, -0.25) is 9.59 Å². The van der Waals surface area contributed by atoms with Gasteiger partial charge in [0.15, 0.2) is 11.5 Å². The number of ketones is 2. The first-order valence-corrected chi connectivity index (χ1v) is 10.1. The highest BCUT2D eigenvalue weighted by atomic mass is 16.5. The average Bonchev–Trinajstić information content (AvgIpc) is 2.85. The summed E-state index contributed by atoms with van der Waals surface area (Å²) >= 11 is 0. The van der Waals surface area contributed by atoms with Crippen molar-refractivity contribution in [2.75, 3.05) is 28.4 Å². The summed E-state index contributed by atoms with van der Waals surface area (Å²) in [6, 6.07) is 17.6. The number of benzene rings is 3. The van der Waals surface area contributed by atoms with Crippen molar-refractivity contribution in [3.05, 3.63) is 82.9 Å².